The Morgan fingerprint density at radius 1 is 1.03 bits per heavy atom. The van der Waals surface area contributed by atoms with Crippen LogP contribution in [0.1, 0.15) is 0 Å². The molecule has 1 heterocycles. The van der Waals surface area contributed by atoms with Gasteiger partial charge in [0, 0.05) is 9.86 Å². The van der Waals surface area contributed by atoms with Crippen LogP contribution in [0.5, 0.6) is 11.5 Å². The lowest BCUT2D eigenvalue weighted by molar-refractivity contribution is -0.118. The highest BCUT2D eigenvalue weighted by Crippen LogP contribution is 2.30. The van der Waals surface area contributed by atoms with E-state index in [1.807, 2.05) is 30.3 Å². The largest absolute Gasteiger partial charge is 0.495 e. The van der Waals surface area contributed by atoms with Crippen LogP contribution in [0.15, 0.2) is 86.5 Å². The Bertz CT molecular complexity index is 1300. The first-order chi connectivity index (χ1) is 15.0. The molecule has 4 rings (SSSR count). The second kappa shape index (κ2) is 9.06. The van der Waals surface area contributed by atoms with E-state index in [0.29, 0.717) is 33.9 Å². The molecule has 0 saturated heterocycles. The maximum absolute atomic E-state index is 12.5. The fourth-order valence-electron chi connectivity index (χ4n) is 3.10. The lowest BCUT2D eigenvalue weighted by atomic mass is 10.0. The molecule has 156 valence electrons. The maximum Gasteiger partial charge on any atom is 0.344 e. The highest BCUT2D eigenvalue weighted by Gasteiger charge is 2.13. The Morgan fingerprint density at radius 3 is 2.58 bits per heavy atom. The number of anilines is 1. The van der Waals surface area contributed by atoms with E-state index in [1.165, 1.54) is 7.11 Å². The average Bonchev–Trinajstić information content (AvgIpc) is 2.78. The lowest BCUT2D eigenvalue weighted by Gasteiger charge is -2.13. The number of carbonyl (C=O) groups excluding carboxylic acids is 1. The summed E-state index contributed by atoms with van der Waals surface area (Å²) < 4.78 is 17.2. The second-order valence-corrected chi connectivity index (χ2v) is 7.61. The molecule has 0 aliphatic carbocycles. The van der Waals surface area contributed by atoms with Crippen LogP contribution in [0.2, 0.25) is 0 Å². The van der Waals surface area contributed by atoms with E-state index in [2.05, 4.69) is 21.2 Å². The van der Waals surface area contributed by atoms with Crippen molar-refractivity contribution in [2.45, 2.75) is 0 Å². The van der Waals surface area contributed by atoms with E-state index >= 15 is 0 Å². The standard InChI is InChI=1S/C24H18BrNO5/c1-29-22-11-6-15(19-12-16-4-2-3-5-21(16)31-24(19)28)13-20(22)26-23(27)14-30-18-9-7-17(25)8-10-18/h2-13H,14H2,1H3,(H,26,27). The number of ether oxygens (including phenoxy) is 2. The average molecular weight is 480 g/mol. The molecular formula is C24H18BrNO5. The molecule has 0 radical (unpaired) electrons. The van der Waals surface area contributed by atoms with Crippen molar-refractivity contribution in [3.05, 3.63) is 87.7 Å². The Hall–Kier alpha value is -3.58. The van der Waals surface area contributed by atoms with Gasteiger partial charge in [0.05, 0.1) is 18.4 Å². The molecule has 0 fully saturated rings. The number of para-hydroxylation sites is 1. The molecule has 0 spiro atoms. The van der Waals surface area contributed by atoms with E-state index in [4.69, 9.17) is 13.9 Å². The zero-order valence-corrected chi connectivity index (χ0v) is 18.1. The molecule has 0 aliphatic rings. The van der Waals surface area contributed by atoms with Gasteiger partial charge in [-0.25, -0.2) is 4.79 Å². The summed E-state index contributed by atoms with van der Waals surface area (Å²) in [6, 6.07) is 21.4. The van der Waals surface area contributed by atoms with Gasteiger partial charge in [0.15, 0.2) is 6.61 Å². The summed E-state index contributed by atoms with van der Waals surface area (Å²) in [5, 5.41) is 3.59. The Labute approximate surface area is 186 Å². The van der Waals surface area contributed by atoms with Gasteiger partial charge in [0.25, 0.3) is 5.91 Å². The molecular weight excluding hydrogens is 462 g/mol. The molecule has 7 heteroatoms. The quantitative estimate of drug-likeness (QED) is 0.382. The minimum absolute atomic E-state index is 0.173. The summed E-state index contributed by atoms with van der Waals surface area (Å²) in [4.78, 5) is 24.9. The zero-order valence-electron chi connectivity index (χ0n) is 16.6. The first-order valence-electron chi connectivity index (χ1n) is 9.43. The molecule has 4 aromatic rings. The molecule has 1 N–H and O–H groups in total. The van der Waals surface area contributed by atoms with Gasteiger partial charge in [-0.05, 0) is 54.1 Å². The summed E-state index contributed by atoms with van der Waals surface area (Å²) in [5.41, 5.74) is 1.48. The molecule has 0 bridgehead atoms. The number of fused-ring (bicyclic) bond motifs is 1. The zero-order chi connectivity index (χ0) is 21.8. The van der Waals surface area contributed by atoms with Crippen molar-refractivity contribution in [1.82, 2.24) is 0 Å². The van der Waals surface area contributed by atoms with Gasteiger partial charge in [0.2, 0.25) is 0 Å². The number of halogens is 1. The molecule has 6 nitrogen and oxygen atoms in total. The predicted octanol–water partition coefficient (Wildman–Crippen LogP) is 5.25. The fourth-order valence-corrected chi connectivity index (χ4v) is 3.37. The van der Waals surface area contributed by atoms with Gasteiger partial charge in [0.1, 0.15) is 17.1 Å². The summed E-state index contributed by atoms with van der Waals surface area (Å²) in [6.45, 7) is -0.173. The van der Waals surface area contributed by atoms with E-state index in [9.17, 15) is 9.59 Å². The van der Waals surface area contributed by atoms with Crippen LogP contribution >= 0.6 is 15.9 Å². The highest BCUT2D eigenvalue weighted by atomic mass is 79.9. The Morgan fingerprint density at radius 2 is 1.81 bits per heavy atom. The monoisotopic (exact) mass is 479 g/mol. The van der Waals surface area contributed by atoms with Crippen molar-refractivity contribution in [2.75, 3.05) is 19.0 Å². The topological polar surface area (TPSA) is 77.8 Å². The van der Waals surface area contributed by atoms with E-state index in [0.717, 1.165) is 9.86 Å². The summed E-state index contributed by atoms with van der Waals surface area (Å²) >= 11 is 3.35. The number of nitrogens with one attached hydrogen (secondary N) is 1. The minimum Gasteiger partial charge on any atom is -0.495 e. The van der Waals surface area contributed by atoms with Crippen LogP contribution < -0.4 is 20.4 Å². The lowest BCUT2D eigenvalue weighted by Crippen LogP contribution is -2.20. The van der Waals surface area contributed by atoms with E-state index in [-0.39, 0.29) is 12.5 Å². The first kappa shape index (κ1) is 20.7. The molecule has 0 unspecified atom stereocenters. The fraction of sp³-hybridized carbons (Fsp3) is 0.0833. The molecule has 0 atom stereocenters. The number of hydrogen-bond donors (Lipinski definition) is 1. The molecule has 3 aromatic carbocycles. The van der Waals surface area contributed by atoms with Gasteiger partial charge >= 0.3 is 5.63 Å². The van der Waals surface area contributed by atoms with Crippen molar-refractivity contribution in [1.29, 1.82) is 0 Å². The molecule has 0 aliphatic heterocycles. The van der Waals surface area contributed by atoms with Crippen LogP contribution in [0, 0.1) is 0 Å². The Balaban J connectivity index is 1.57. The molecule has 31 heavy (non-hydrogen) atoms. The minimum atomic E-state index is -0.459. The number of methoxy groups -OCH3 is 1. The molecule has 1 aromatic heterocycles. The van der Waals surface area contributed by atoms with Crippen LogP contribution in [-0.4, -0.2) is 19.6 Å². The summed E-state index contributed by atoms with van der Waals surface area (Å²) in [5.74, 6) is 0.683. The number of rotatable bonds is 6. The number of hydrogen-bond acceptors (Lipinski definition) is 5. The predicted molar refractivity (Wildman–Crippen MR) is 123 cm³/mol. The maximum atomic E-state index is 12.5. The van der Waals surface area contributed by atoms with E-state index < -0.39 is 5.63 Å². The van der Waals surface area contributed by atoms with Crippen LogP contribution in [0.4, 0.5) is 5.69 Å². The second-order valence-electron chi connectivity index (χ2n) is 6.69. The van der Waals surface area contributed by atoms with Crippen molar-refractivity contribution in [3.8, 4) is 22.6 Å². The third-order valence-corrected chi connectivity index (χ3v) is 5.14. The van der Waals surface area contributed by atoms with Gasteiger partial charge in [-0.2, -0.15) is 0 Å². The van der Waals surface area contributed by atoms with Crippen molar-refractivity contribution in [2.24, 2.45) is 0 Å². The van der Waals surface area contributed by atoms with Gasteiger partial charge in [-0.3, -0.25) is 4.79 Å². The molecule has 0 saturated carbocycles. The summed E-state index contributed by atoms with van der Waals surface area (Å²) in [7, 11) is 1.51. The van der Waals surface area contributed by atoms with Gasteiger partial charge < -0.3 is 19.2 Å². The van der Waals surface area contributed by atoms with E-state index in [1.54, 1.807) is 42.5 Å². The summed E-state index contributed by atoms with van der Waals surface area (Å²) in [6.07, 6.45) is 0. The SMILES string of the molecule is COc1ccc(-c2cc3ccccc3oc2=O)cc1NC(=O)COc1ccc(Br)cc1. The third-order valence-electron chi connectivity index (χ3n) is 4.61. The van der Waals surface area contributed by atoms with Crippen LogP contribution in [0.25, 0.3) is 22.1 Å². The molecule has 1 amide bonds. The van der Waals surface area contributed by atoms with Gasteiger partial charge in [-0.15, -0.1) is 0 Å². The highest BCUT2D eigenvalue weighted by molar-refractivity contribution is 9.10. The number of amides is 1. The third kappa shape index (κ3) is 4.78. The van der Waals surface area contributed by atoms with Crippen molar-refractivity contribution < 1.29 is 18.7 Å². The first-order valence-corrected chi connectivity index (χ1v) is 10.2. The Kier molecular flexibility index (Phi) is 6.04. The normalized spacial score (nSPS) is 10.6. The number of carbonyl (C=O) groups is 1. The smallest absolute Gasteiger partial charge is 0.344 e. The van der Waals surface area contributed by atoms with Crippen molar-refractivity contribution >= 4 is 38.5 Å². The van der Waals surface area contributed by atoms with Gasteiger partial charge in [-0.1, -0.05) is 40.2 Å². The van der Waals surface area contributed by atoms with Crippen molar-refractivity contribution in [3.63, 3.8) is 0 Å². The van der Waals surface area contributed by atoms with Crippen LogP contribution in [-0.2, 0) is 4.79 Å². The number of benzene rings is 3. The van der Waals surface area contributed by atoms with Crippen LogP contribution in [0.3, 0.4) is 0 Å².